The predicted octanol–water partition coefficient (Wildman–Crippen LogP) is 0.983. The summed E-state index contributed by atoms with van der Waals surface area (Å²) in [7, 11) is 0. The van der Waals surface area contributed by atoms with Crippen LogP contribution in [-0.2, 0) is 6.54 Å². The Morgan fingerprint density at radius 1 is 1.18 bits per heavy atom. The fourth-order valence-corrected chi connectivity index (χ4v) is 1.46. The van der Waals surface area contributed by atoms with Gasteiger partial charge in [0.1, 0.15) is 0 Å². The van der Waals surface area contributed by atoms with Gasteiger partial charge in [-0.25, -0.2) is 4.79 Å². The van der Waals surface area contributed by atoms with Crippen molar-refractivity contribution in [3.63, 3.8) is 0 Å². The summed E-state index contributed by atoms with van der Waals surface area (Å²) in [4.78, 5) is 35.0. The molecule has 0 amide bonds. The van der Waals surface area contributed by atoms with Crippen molar-refractivity contribution in [1.29, 1.82) is 0 Å². The number of H-pyrrole nitrogens is 1. The first kappa shape index (κ1) is 11.0. The molecule has 0 saturated carbocycles. The van der Waals surface area contributed by atoms with Gasteiger partial charge in [-0.05, 0) is 10.7 Å². The van der Waals surface area contributed by atoms with Gasteiger partial charge in [0.15, 0.2) is 5.69 Å². The number of nitrogens with one attached hydrogen (secondary N) is 1. The lowest BCUT2D eigenvalue weighted by Crippen LogP contribution is -2.29. The maximum absolute atomic E-state index is 11.5. The zero-order valence-corrected chi connectivity index (χ0v) is 8.79. The van der Waals surface area contributed by atoms with E-state index in [4.69, 9.17) is 0 Å². The number of nitroso groups, excluding NO2 is 1. The standard InChI is InChI=1S/C11H9N3O3/c15-10-9(13-17)7-14(11(16)12-10)6-8-4-2-1-3-5-8/h1-5,7H,6H2,(H,12,15,16). The van der Waals surface area contributed by atoms with E-state index in [9.17, 15) is 14.5 Å². The molecule has 0 aliphatic heterocycles. The number of aromatic nitrogens is 2. The van der Waals surface area contributed by atoms with E-state index < -0.39 is 11.2 Å². The number of benzene rings is 1. The van der Waals surface area contributed by atoms with Crippen LogP contribution in [-0.4, -0.2) is 9.55 Å². The van der Waals surface area contributed by atoms with Gasteiger partial charge in [0, 0.05) is 6.20 Å². The fraction of sp³-hybridized carbons (Fsp3) is 0.0909. The number of hydrogen-bond acceptors (Lipinski definition) is 4. The zero-order chi connectivity index (χ0) is 12.3. The first-order valence-electron chi connectivity index (χ1n) is 4.92. The van der Waals surface area contributed by atoms with Crippen LogP contribution in [0.1, 0.15) is 5.56 Å². The van der Waals surface area contributed by atoms with E-state index in [0.29, 0.717) is 0 Å². The van der Waals surface area contributed by atoms with Gasteiger partial charge in [0.05, 0.1) is 6.54 Å². The second-order valence-electron chi connectivity index (χ2n) is 3.48. The molecular weight excluding hydrogens is 222 g/mol. The van der Waals surface area contributed by atoms with Gasteiger partial charge in [0.25, 0.3) is 5.56 Å². The molecule has 6 nitrogen and oxygen atoms in total. The van der Waals surface area contributed by atoms with Crippen LogP contribution in [0.4, 0.5) is 5.69 Å². The first-order chi connectivity index (χ1) is 8.20. The molecule has 1 aromatic carbocycles. The van der Waals surface area contributed by atoms with Gasteiger partial charge in [-0.3, -0.25) is 14.3 Å². The van der Waals surface area contributed by atoms with Crippen LogP contribution in [0.15, 0.2) is 51.3 Å². The minimum absolute atomic E-state index is 0.277. The minimum atomic E-state index is -0.769. The van der Waals surface area contributed by atoms with Gasteiger partial charge in [-0.2, -0.15) is 0 Å². The number of hydrogen-bond donors (Lipinski definition) is 1. The molecule has 0 aliphatic rings. The monoisotopic (exact) mass is 231 g/mol. The van der Waals surface area contributed by atoms with E-state index in [1.165, 1.54) is 4.57 Å². The average molecular weight is 231 g/mol. The molecule has 1 aromatic heterocycles. The molecule has 0 unspecified atom stereocenters. The SMILES string of the molecule is O=Nc1cn(Cc2ccccc2)c(=O)[nH]c1=O. The van der Waals surface area contributed by atoms with Crippen LogP contribution in [0.2, 0.25) is 0 Å². The Morgan fingerprint density at radius 3 is 2.53 bits per heavy atom. The summed E-state index contributed by atoms with van der Waals surface area (Å²) < 4.78 is 1.23. The van der Waals surface area contributed by atoms with Crippen LogP contribution in [0.25, 0.3) is 0 Å². The molecule has 1 N–H and O–H groups in total. The largest absolute Gasteiger partial charge is 0.328 e. The van der Waals surface area contributed by atoms with Gasteiger partial charge in [-0.1, -0.05) is 30.3 Å². The van der Waals surface area contributed by atoms with Crippen molar-refractivity contribution in [1.82, 2.24) is 9.55 Å². The Morgan fingerprint density at radius 2 is 1.88 bits per heavy atom. The molecule has 17 heavy (non-hydrogen) atoms. The third-order valence-corrected chi connectivity index (χ3v) is 2.29. The van der Waals surface area contributed by atoms with E-state index in [1.54, 1.807) is 0 Å². The highest BCUT2D eigenvalue weighted by molar-refractivity contribution is 5.29. The molecule has 2 aromatic rings. The molecule has 0 spiro atoms. The van der Waals surface area contributed by atoms with E-state index in [0.717, 1.165) is 11.8 Å². The van der Waals surface area contributed by atoms with Gasteiger partial charge in [0.2, 0.25) is 0 Å². The highest BCUT2D eigenvalue weighted by Crippen LogP contribution is 2.03. The van der Waals surface area contributed by atoms with Crippen molar-refractivity contribution in [2.45, 2.75) is 6.54 Å². The van der Waals surface area contributed by atoms with Crippen LogP contribution in [0.3, 0.4) is 0 Å². The Hall–Kier alpha value is -2.50. The first-order valence-corrected chi connectivity index (χ1v) is 4.92. The van der Waals surface area contributed by atoms with Gasteiger partial charge >= 0.3 is 5.69 Å². The summed E-state index contributed by atoms with van der Waals surface area (Å²) in [6, 6.07) is 9.21. The predicted molar refractivity (Wildman–Crippen MR) is 62.3 cm³/mol. The van der Waals surface area contributed by atoms with E-state index in [-0.39, 0.29) is 12.2 Å². The van der Waals surface area contributed by atoms with Gasteiger partial charge in [-0.15, -0.1) is 4.91 Å². The summed E-state index contributed by atoms with van der Waals surface area (Å²) in [6.45, 7) is 0.277. The molecule has 0 bridgehead atoms. The molecule has 86 valence electrons. The molecule has 0 atom stereocenters. The summed E-state index contributed by atoms with van der Waals surface area (Å²) in [5.74, 6) is 0. The van der Waals surface area contributed by atoms with E-state index in [2.05, 4.69) is 5.18 Å². The lowest BCUT2D eigenvalue weighted by molar-refractivity contribution is 0.721. The van der Waals surface area contributed by atoms with Crippen molar-refractivity contribution in [2.75, 3.05) is 0 Å². The Kier molecular flexibility index (Phi) is 2.95. The van der Waals surface area contributed by atoms with Crippen LogP contribution < -0.4 is 11.2 Å². The molecule has 6 heteroatoms. The quantitative estimate of drug-likeness (QED) is 0.799. The smallest absolute Gasteiger partial charge is 0.294 e. The maximum atomic E-state index is 11.5. The topological polar surface area (TPSA) is 84.3 Å². The number of rotatable bonds is 3. The Balaban J connectivity index is 2.43. The van der Waals surface area contributed by atoms with Crippen LogP contribution in [0, 0.1) is 4.91 Å². The molecule has 2 rings (SSSR count). The van der Waals surface area contributed by atoms with E-state index in [1.807, 2.05) is 35.3 Å². The summed E-state index contributed by atoms with van der Waals surface area (Å²) in [5, 5.41) is 2.56. The van der Waals surface area contributed by atoms with Crippen molar-refractivity contribution in [2.24, 2.45) is 5.18 Å². The van der Waals surface area contributed by atoms with Crippen LogP contribution >= 0.6 is 0 Å². The van der Waals surface area contributed by atoms with Crippen molar-refractivity contribution >= 4 is 5.69 Å². The fourth-order valence-electron chi connectivity index (χ4n) is 1.46. The third kappa shape index (κ3) is 2.36. The zero-order valence-electron chi connectivity index (χ0n) is 8.79. The number of aromatic amines is 1. The van der Waals surface area contributed by atoms with Crippen LogP contribution in [0.5, 0.6) is 0 Å². The molecule has 0 saturated heterocycles. The minimum Gasteiger partial charge on any atom is -0.294 e. The third-order valence-electron chi connectivity index (χ3n) is 2.29. The molecule has 1 heterocycles. The molecular formula is C11H9N3O3. The van der Waals surface area contributed by atoms with Crippen molar-refractivity contribution < 1.29 is 0 Å². The highest BCUT2D eigenvalue weighted by Gasteiger charge is 2.04. The van der Waals surface area contributed by atoms with Gasteiger partial charge < -0.3 is 0 Å². The van der Waals surface area contributed by atoms with Crippen molar-refractivity contribution in [3.8, 4) is 0 Å². The number of nitrogens with zero attached hydrogens (tertiary/aromatic N) is 2. The molecule has 0 fully saturated rings. The summed E-state index contributed by atoms with van der Waals surface area (Å²) in [6.07, 6.45) is 1.15. The molecule has 0 radical (unpaired) electrons. The second kappa shape index (κ2) is 4.56. The Bertz CT molecular complexity index is 643. The lowest BCUT2D eigenvalue weighted by atomic mass is 10.2. The summed E-state index contributed by atoms with van der Waals surface area (Å²) in [5.41, 5.74) is -0.750. The average Bonchev–Trinajstić information content (AvgIpc) is 2.34. The normalized spacial score (nSPS) is 10.1. The highest BCUT2D eigenvalue weighted by atomic mass is 16.3. The maximum Gasteiger partial charge on any atom is 0.328 e. The second-order valence-corrected chi connectivity index (χ2v) is 3.48. The lowest BCUT2D eigenvalue weighted by Gasteiger charge is -2.04. The Labute approximate surface area is 95.5 Å². The van der Waals surface area contributed by atoms with E-state index >= 15 is 0 Å². The molecule has 0 aliphatic carbocycles. The summed E-state index contributed by atoms with van der Waals surface area (Å²) >= 11 is 0. The van der Waals surface area contributed by atoms with Crippen molar-refractivity contribution in [3.05, 3.63) is 67.8 Å².